The molecule has 2 rings (SSSR count). The lowest BCUT2D eigenvalue weighted by Gasteiger charge is -2.33. The summed E-state index contributed by atoms with van der Waals surface area (Å²) in [6.07, 6.45) is 3.10. The number of aromatic nitrogens is 1. The first-order valence-corrected chi connectivity index (χ1v) is 7.04. The molecule has 1 aliphatic rings. The van der Waals surface area contributed by atoms with E-state index in [4.69, 9.17) is 0 Å². The SMILES string of the molecule is CC(C)CC1NC(=O)CN(CCc2ccccn2)C1=O. The Balaban J connectivity index is 1.96. The molecule has 1 fully saturated rings. The lowest BCUT2D eigenvalue weighted by molar-refractivity contribution is -0.144. The van der Waals surface area contributed by atoms with Crippen molar-refractivity contribution < 1.29 is 9.59 Å². The van der Waals surface area contributed by atoms with Gasteiger partial charge in [-0.3, -0.25) is 14.6 Å². The molecule has 0 saturated carbocycles. The summed E-state index contributed by atoms with van der Waals surface area (Å²) in [7, 11) is 0. The minimum atomic E-state index is -0.375. The first kappa shape index (κ1) is 14.5. The predicted molar refractivity (Wildman–Crippen MR) is 75.9 cm³/mol. The average Bonchev–Trinajstić information content (AvgIpc) is 2.41. The minimum Gasteiger partial charge on any atom is -0.343 e. The fourth-order valence-electron chi connectivity index (χ4n) is 2.39. The van der Waals surface area contributed by atoms with Crippen LogP contribution in [0.2, 0.25) is 0 Å². The number of pyridine rings is 1. The second-order valence-electron chi connectivity index (χ2n) is 5.58. The van der Waals surface area contributed by atoms with Gasteiger partial charge in [0.05, 0.1) is 6.54 Å². The van der Waals surface area contributed by atoms with Crippen LogP contribution < -0.4 is 5.32 Å². The quantitative estimate of drug-likeness (QED) is 0.872. The van der Waals surface area contributed by atoms with Gasteiger partial charge in [-0.25, -0.2) is 0 Å². The van der Waals surface area contributed by atoms with Crippen molar-refractivity contribution >= 4 is 11.8 Å². The highest BCUT2D eigenvalue weighted by molar-refractivity contribution is 5.94. The van der Waals surface area contributed by atoms with Crippen LogP contribution in [0.5, 0.6) is 0 Å². The zero-order valence-electron chi connectivity index (χ0n) is 12.0. The average molecular weight is 275 g/mol. The second-order valence-corrected chi connectivity index (χ2v) is 5.58. The molecule has 1 N–H and O–H groups in total. The summed E-state index contributed by atoms with van der Waals surface area (Å²) in [6, 6.07) is 5.34. The highest BCUT2D eigenvalue weighted by atomic mass is 16.2. The van der Waals surface area contributed by atoms with E-state index in [1.165, 1.54) is 0 Å². The van der Waals surface area contributed by atoms with Gasteiger partial charge in [0.25, 0.3) is 0 Å². The number of amides is 2. The Kier molecular flexibility index (Phi) is 4.71. The molecule has 0 radical (unpaired) electrons. The summed E-state index contributed by atoms with van der Waals surface area (Å²) in [6.45, 7) is 4.79. The lowest BCUT2D eigenvalue weighted by atomic mass is 10.0. The van der Waals surface area contributed by atoms with Gasteiger partial charge in [-0.1, -0.05) is 19.9 Å². The van der Waals surface area contributed by atoms with Crippen molar-refractivity contribution in [3.05, 3.63) is 30.1 Å². The zero-order valence-corrected chi connectivity index (χ0v) is 12.0. The van der Waals surface area contributed by atoms with Crippen molar-refractivity contribution in [2.45, 2.75) is 32.7 Å². The number of rotatable bonds is 5. The Hall–Kier alpha value is -1.91. The largest absolute Gasteiger partial charge is 0.343 e. The van der Waals surface area contributed by atoms with Gasteiger partial charge in [0.2, 0.25) is 11.8 Å². The number of piperazine rings is 1. The van der Waals surface area contributed by atoms with E-state index in [9.17, 15) is 9.59 Å². The van der Waals surface area contributed by atoms with Crippen molar-refractivity contribution in [3.8, 4) is 0 Å². The molecule has 5 heteroatoms. The highest BCUT2D eigenvalue weighted by Gasteiger charge is 2.32. The third-order valence-corrected chi connectivity index (χ3v) is 3.35. The maximum atomic E-state index is 12.3. The number of hydrogen-bond acceptors (Lipinski definition) is 3. The van der Waals surface area contributed by atoms with Crippen LogP contribution in [-0.2, 0) is 16.0 Å². The van der Waals surface area contributed by atoms with Crippen molar-refractivity contribution in [1.82, 2.24) is 15.2 Å². The van der Waals surface area contributed by atoms with E-state index in [1.807, 2.05) is 32.0 Å². The van der Waals surface area contributed by atoms with Crippen molar-refractivity contribution in [1.29, 1.82) is 0 Å². The van der Waals surface area contributed by atoms with Crippen LogP contribution in [0.4, 0.5) is 0 Å². The fourth-order valence-corrected chi connectivity index (χ4v) is 2.39. The summed E-state index contributed by atoms with van der Waals surface area (Å²) < 4.78 is 0. The van der Waals surface area contributed by atoms with Gasteiger partial charge in [0.15, 0.2) is 0 Å². The standard InChI is InChI=1S/C15H21N3O2/c1-11(2)9-13-15(20)18(10-14(19)17-13)8-6-12-5-3-4-7-16-12/h3-5,7,11,13H,6,8-10H2,1-2H3,(H,17,19). The summed E-state index contributed by atoms with van der Waals surface area (Å²) in [5, 5.41) is 2.78. The van der Waals surface area contributed by atoms with Gasteiger partial charge in [0, 0.05) is 24.9 Å². The Bertz CT molecular complexity index is 473. The van der Waals surface area contributed by atoms with E-state index in [2.05, 4.69) is 10.3 Å². The Morgan fingerprint density at radius 2 is 2.20 bits per heavy atom. The van der Waals surface area contributed by atoms with Crippen LogP contribution in [0.1, 0.15) is 26.0 Å². The summed E-state index contributed by atoms with van der Waals surface area (Å²) in [4.78, 5) is 29.9. The molecular formula is C15H21N3O2. The first-order chi connectivity index (χ1) is 9.56. The fraction of sp³-hybridized carbons (Fsp3) is 0.533. The number of carbonyl (C=O) groups is 2. The van der Waals surface area contributed by atoms with Crippen LogP contribution in [0, 0.1) is 5.92 Å². The van der Waals surface area contributed by atoms with Crippen LogP contribution in [0.15, 0.2) is 24.4 Å². The monoisotopic (exact) mass is 275 g/mol. The molecule has 1 aromatic heterocycles. The minimum absolute atomic E-state index is 0.0224. The van der Waals surface area contributed by atoms with Crippen molar-refractivity contribution in [2.75, 3.05) is 13.1 Å². The molecule has 20 heavy (non-hydrogen) atoms. The molecule has 0 aromatic carbocycles. The number of hydrogen-bond donors (Lipinski definition) is 1. The summed E-state index contributed by atoms with van der Waals surface area (Å²) >= 11 is 0. The van der Waals surface area contributed by atoms with Crippen molar-refractivity contribution in [3.63, 3.8) is 0 Å². The third-order valence-electron chi connectivity index (χ3n) is 3.35. The molecule has 1 aromatic rings. The molecule has 5 nitrogen and oxygen atoms in total. The van der Waals surface area contributed by atoms with Crippen molar-refractivity contribution in [2.24, 2.45) is 5.92 Å². The van der Waals surface area contributed by atoms with E-state index >= 15 is 0 Å². The van der Waals surface area contributed by atoms with E-state index in [0.29, 0.717) is 25.3 Å². The Morgan fingerprint density at radius 3 is 2.85 bits per heavy atom. The Labute approximate surface area is 119 Å². The Morgan fingerprint density at radius 1 is 1.40 bits per heavy atom. The van der Waals surface area contributed by atoms with Gasteiger partial charge in [-0.2, -0.15) is 0 Å². The molecular weight excluding hydrogens is 254 g/mol. The van der Waals surface area contributed by atoms with Crippen LogP contribution in [0.25, 0.3) is 0 Å². The first-order valence-electron chi connectivity index (χ1n) is 7.04. The summed E-state index contributed by atoms with van der Waals surface area (Å²) in [5.74, 6) is 0.325. The molecule has 0 bridgehead atoms. The molecule has 0 spiro atoms. The van der Waals surface area contributed by atoms with E-state index in [0.717, 1.165) is 5.69 Å². The summed E-state index contributed by atoms with van der Waals surface area (Å²) in [5.41, 5.74) is 0.937. The van der Waals surface area contributed by atoms with E-state index < -0.39 is 0 Å². The number of carbonyl (C=O) groups excluding carboxylic acids is 2. The molecule has 1 aliphatic heterocycles. The maximum absolute atomic E-state index is 12.3. The highest BCUT2D eigenvalue weighted by Crippen LogP contribution is 2.12. The van der Waals surface area contributed by atoms with Gasteiger partial charge < -0.3 is 10.2 Å². The van der Waals surface area contributed by atoms with Gasteiger partial charge >= 0.3 is 0 Å². The predicted octanol–water partition coefficient (Wildman–Crippen LogP) is 0.997. The second kappa shape index (κ2) is 6.50. The van der Waals surface area contributed by atoms with Crippen LogP contribution >= 0.6 is 0 Å². The molecule has 1 atom stereocenters. The smallest absolute Gasteiger partial charge is 0.245 e. The van der Waals surface area contributed by atoms with E-state index in [-0.39, 0.29) is 24.4 Å². The molecule has 1 unspecified atom stereocenters. The zero-order chi connectivity index (χ0) is 14.5. The van der Waals surface area contributed by atoms with Crippen LogP contribution in [-0.4, -0.2) is 40.8 Å². The van der Waals surface area contributed by atoms with Gasteiger partial charge in [-0.15, -0.1) is 0 Å². The van der Waals surface area contributed by atoms with Gasteiger partial charge in [0.1, 0.15) is 6.04 Å². The number of nitrogens with one attached hydrogen (secondary N) is 1. The van der Waals surface area contributed by atoms with Gasteiger partial charge in [-0.05, 0) is 24.5 Å². The maximum Gasteiger partial charge on any atom is 0.245 e. The lowest BCUT2D eigenvalue weighted by Crippen LogP contribution is -2.58. The molecule has 0 aliphatic carbocycles. The molecule has 2 amide bonds. The van der Waals surface area contributed by atoms with E-state index in [1.54, 1.807) is 11.1 Å². The third kappa shape index (κ3) is 3.79. The van der Waals surface area contributed by atoms with Crippen LogP contribution in [0.3, 0.4) is 0 Å². The molecule has 2 heterocycles. The molecule has 1 saturated heterocycles. The normalized spacial score (nSPS) is 19.4. The topological polar surface area (TPSA) is 62.3 Å². The number of nitrogens with zero attached hydrogens (tertiary/aromatic N) is 2. The molecule has 108 valence electrons.